The smallest absolute Gasteiger partial charge is 0.214 e. The molecule has 0 N–H and O–H groups in total. The molecule has 5 aromatic rings. The largest absolute Gasteiger partial charge is 0.309 e. The lowest BCUT2D eigenvalue weighted by Gasteiger charge is -2.40. The Labute approximate surface area is 175 Å². The number of nitrogens with zero attached hydrogens (tertiary/aromatic N) is 2. The van der Waals surface area contributed by atoms with Crippen LogP contribution in [0.25, 0.3) is 44.3 Å². The topological polar surface area (TPSA) is 8.81 Å². The van der Waals surface area contributed by atoms with E-state index < -0.39 is 0 Å². The molecule has 0 amide bonds. The van der Waals surface area contributed by atoms with Crippen LogP contribution in [0, 0.1) is 0 Å². The molecule has 142 valence electrons. The maximum atomic E-state index is 4.58. The molecule has 7 rings (SSSR count). The van der Waals surface area contributed by atoms with Crippen molar-refractivity contribution in [1.29, 1.82) is 0 Å². The van der Waals surface area contributed by atoms with E-state index in [1.807, 2.05) is 0 Å². The van der Waals surface area contributed by atoms with Crippen molar-refractivity contribution in [3.8, 4) is 16.9 Å². The predicted octanol–water partition coefficient (Wildman–Crippen LogP) is 6.04. The second-order valence-corrected chi connectivity index (χ2v) is 8.77. The molecular weight excluding hydrogens is 364 g/mol. The van der Waals surface area contributed by atoms with Crippen LogP contribution >= 0.6 is 0 Å². The predicted molar refractivity (Wildman–Crippen MR) is 123 cm³/mol. The Morgan fingerprint density at radius 2 is 1.60 bits per heavy atom. The summed E-state index contributed by atoms with van der Waals surface area (Å²) < 4.78 is 4.88. The molecule has 0 aliphatic carbocycles. The molecule has 1 atom stereocenters. The Morgan fingerprint density at radius 3 is 2.47 bits per heavy atom. The highest BCUT2D eigenvalue weighted by Crippen LogP contribution is 2.48. The number of hydrogen-bond acceptors (Lipinski definition) is 0. The van der Waals surface area contributed by atoms with Gasteiger partial charge in [0.25, 0.3) is 0 Å². The van der Waals surface area contributed by atoms with Crippen LogP contribution in [-0.2, 0) is 12.0 Å². The zero-order valence-corrected chi connectivity index (χ0v) is 16.9. The first-order valence-electron chi connectivity index (χ1n) is 10.5. The SMILES string of the molecule is C=C1c2cc3c(cc2-c2cccc4[n+]2C1(C)C4)c1ccccc1n3-c1ccccc1. The molecule has 1 unspecified atom stereocenters. The van der Waals surface area contributed by atoms with Crippen molar-refractivity contribution in [3.63, 3.8) is 0 Å². The lowest BCUT2D eigenvalue weighted by molar-refractivity contribution is -0.783. The van der Waals surface area contributed by atoms with Crippen molar-refractivity contribution in [1.82, 2.24) is 4.57 Å². The van der Waals surface area contributed by atoms with Gasteiger partial charge in [0.05, 0.1) is 16.6 Å². The molecule has 0 spiro atoms. The van der Waals surface area contributed by atoms with Crippen LogP contribution in [0.2, 0.25) is 0 Å². The third-order valence-electron chi connectivity index (χ3n) is 7.17. The van der Waals surface area contributed by atoms with Crippen LogP contribution in [-0.4, -0.2) is 4.57 Å². The molecule has 0 saturated heterocycles. The quantitative estimate of drug-likeness (QED) is 0.311. The Hall–Kier alpha value is -3.65. The third-order valence-corrected chi connectivity index (χ3v) is 7.17. The Morgan fingerprint density at radius 1 is 0.800 bits per heavy atom. The zero-order valence-electron chi connectivity index (χ0n) is 16.9. The van der Waals surface area contributed by atoms with Crippen LogP contribution in [0.15, 0.2) is 91.5 Å². The summed E-state index contributed by atoms with van der Waals surface area (Å²) in [7, 11) is 0. The van der Waals surface area contributed by atoms with Gasteiger partial charge in [0, 0.05) is 41.1 Å². The first-order chi connectivity index (χ1) is 14.7. The number of para-hydroxylation sites is 2. The van der Waals surface area contributed by atoms with Gasteiger partial charge in [-0.05, 0) is 42.0 Å². The van der Waals surface area contributed by atoms with Gasteiger partial charge in [-0.1, -0.05) is 43.0 Å². The molecule has 0 radical (unpaired) electrons. The van der Waals surface area contributed by atoms with E-state index >= 15 is 0 Å². The molecule has 30 heavy (non-hydrogen) atoms. The second-order valence-electron chi connectivity index (χ2n) is 8.77. The van der Waals surface area contributed by atoms with E-state index in [1.54, 1.807) is 0 Å². The summed E-state index contributed by atoms with van der Waals surface area (Å²) in [6.07, 6.45) is 1.05. The fraction of sp³-hybridized carbons (Fsp3) is 0.107. The summed E-state index contributed by atoms with van der Waals surface area (Å²) in [5.74, 6) is 0. The van der Waals surface area contributed by atoms with Crippen molar-refractivity contribution >= 4 is 27.4 Å². The van der Waals surface area contributed by atoms with Gasteiger partial charge in [-0.15, -0.1) is 0 Å². The average Bonchev–Trinajstić information content (AvgIpc) is 3.10. The minimum atomic E-state index is -0.0177. The van der Waals surface area contributed by atoms with Gasteiger partial charge in [0.1, 0.15) is 6.42 Å². The molecule has 0 bridgehead atoms. The standard InChI is InChI=1S/C28H21N2/c1-18-22-16-27-23(15-24(22)26-14-8-11-20-17-28(18,2)30(20)26)21-12-6-7-13-25(21)29(27)19-9-4-3-5-10-19/h3-16H,1,17H2,2H3/q+1. The van der Waals surface area contributed by atoms with Crippen LogP contribution in [0.4, 0.5) is 0 Å². The summed E-state index contributed by atoms with van der Waals surface area (Å²) in [4.78, 5) is 0. The number of hydrogen-bond donors (Lipinski definition) is 0. The normalized spacial score (nSPS) is 18.9. The van der Waals surface area contributed by atoms with E-state index in [0.717, 1.165) is 6.42 Å². The summed E-state index contributed by atoms with van der Waals surface area (Å²) >= 11 is 0. The van der Waals surface area contributed by atoms with E-state index in [2.05, 4.69) is 108 Å². The lowest BCUT2D eigenvalue weighted by Crippen LogP contribution is -2.70. The summed E-state index contributed by atoms with van der Waals surface area (Å²) in [5.41, 5.74) is 10.2. The van der Waals surface area contributed by atoms with Crippen LogP contribution in [0.3, 0.4) is 0 Å². The second kappa shape index (κ2) is 5.28. The van der Waals surface area contributed by atoms with E-state index in [0.29, 0.717) is 0 Å². The minimum absolute atomic E-state index is 0.0177. The Kier molecular flexibility index (Phi) is 2.85. The van der Waals surface area contributed by atoms with E-state index in [9.17, 15) is 0 Å². The molecule has 2 aliphatic heterocycles. The van der Waals surface area contributed by atoms with Gasteiger partial charge in [0.15, 0.2) is 5.69 Å². The maximum absolute atomic E-state index is 4.58. The number of pyridine rings is 1. The summed E-state index contributed by atoms with van der Waals surface area (Å²) in [6.45, 7) is 6.91. The number of aromatic nitrogens is 2. The fourth-order valence-electron chi connectivity index (χ4n) is 5.69. The highest BCUT2D eigenvalue weighted by molar-refractivity contribution is 6.12. The van der Waals surface area contributed by atoms with Crippen molar-refractivity contribution in [3.05, 3.63) is 103 Å². The van der Waals surface area contributed by atoms with Crippen LogP contribution in [0.5, 0.6) is 0 Å². The monoisotopic (exact) mass is 385 g/mol. The molecule has 2 heteroatoms. The van der Waals surface area contributed by atoms with Gasteiger partial charge < -0.3 is 4.57 Å². The van der Waals surface area contributed by atoms with E-state index in [4.69, 9.17) is 0 Å². The molecular formula is C28H21N2+. The maximum Gasteiger partial charge on any atom is 0.214 e. The number of fused-ring (bicyclic) bond motifs is 5. The molecule has 2 nitrogen and oxygen atoms in total. The van der Waals surface area contributed by atoms with Crippen molar-refractivity contribution in [2.75, 3.05) is 0 Å². The summed E-state index contributed by atoms with van der Waals surface area (Å²) in [6, 6.07) is 30.8. The highest BCUT2D eigenvalue weighted by atomic mass is 15.1. The Balaban J connectivity index is 1.65. The van der Waals surface area contributed by atoms with Gasteiger partial charge in [-0.3, -0.25) is 0 Å². The van der Waals surface area contributed by atoms with Gasteiger partial charge in [-0.2, -0.15) is 4.57 Å². The van der Waals surface area contributed by atoms with Crippen LogP contribution < -0.4 is 4.57 Å². The summed E-state index contributed by atoms with van der Waals surface area (Å²) in [5, 5.41) is 2.58. The van der Waals surface area contributed by atoms with Crippen molar-refractivity contribution < 1.29 is 4.57 Å². The number of rotatable bonds is 1. The highest BCUT2D eigenvalue weighted by Gasteiger charge is 2.55. The molecule has 0 saturated carbocycles. The van der Waals surface area contributed by atoms with Gasteiger partial charge >= 0.3 is 0 Å². The average molecular weight is 385 g/mol. The Bertz CT molecular complexity index is 1540. The first kappa shape index (κ1) is 16.2. The first-order valence-corrected chi connectivity index (χ1v) is 10.5. The molecule has 4 heterocycles. The van der Waals surface area contributed by atoms with Crippen molar-refractivity contribution in [2.24, 2.45) is 0 Å². The van der Waals surface area contributed by atoms with Crippen molar-refractivity contribution in [2.45, 2.75) is 18.9 Å². The van der Waals surface area contributed by atoms with E-state index in [-0.39, 0.29) is 5.54 Å². The fourth-order valence-corrected chi connectivity index (χ4v) is 5.69. The molecule has 2 aliphatic rings. The number of allylic oxidation sites excluding steroid dienone is 1. The zero-order chi connectivity index (χ0) is 20.0. The van der Waals surface area contributed by atoms with Gasteiger partial charge in [-0.25, -0.2) is 0 Å². The molecule has 2 aromatic heterocycles. The molecule has 0 fully saturated rings. The minimum Gasteiger partial charge on any atom is -0.309 e. The van der Waals surface area contributed by atoms with Crippen LogP contribution in [0.1, 0.15) is 18.2 Å². The van der Waals surface area contributed by atoms with E-state index in [1.165, 1.54) is 55.6 Å². The third kappa shape index (κ3) is 1.78. The lowest BCUT2D eigenvalue weighted by atomic mass is 9.72. The van der Waals surface area contributed by atoms with Gasteiger partial charge in [0.2, 0.25) is 11.2 Å². The molecule has 3 aromatic carbocycles. The number of benzene rings is 3.